The van der Waals surface area contributed by atoms with Crippen molar-refractivity contribution < 1.29 is 0 Å². The third kappa shape index (κ3) is 2.41. The molecule has 15 heavy (non-hydrogen) atoms. The normalized spacial score (nSPS) is 10.3. The minimum Gasteiger partial charge on any atom is -0.254 e. The van der Waals surface area contributed by atoms with E-state index in [2.05, 4.69) is 36.8 Å². The molecule has 1 aromatic heterocycles. The van der Waals surface area contributed by atoms with Gasteiger partial charge in [-0.3, -0.25) is 4.98 Å². The Hall–Kier alpha value is -0.380. The number of aromatic nitrogens is 1. The van der Waals surface area contributed by atoms with Crippen LogP contribution in [0.4, 0.5) is 0 Å². The van der Waals surface area contributed by atoms with Crippen molar-refractivity contribution in [3.05, 3.63) is 50.5 Å². The van der Waals surface area contributed by atoms with Crippen molar-refractivity contribution in [3.63, 3.8) is 0 Å². The second kappa shape index (κ2) is 4.64. The summed E-state index contributed by atoms with van der Waals surface area (Å²) in [4.78, 5) is 4.33. The number of halogens is 3. The second-order valence-corrected chi connectivity index (χ2v) is 5.14. The Morgan fingerprint density at radius 2 is 1.87 bits per heavy atom. The van der Waals surface area contributed by atoms with Gasteiger partial charge in [-0.1, -0.05) is 29.8 Å². The van der Waals surface area contributed by atoms with Crippen molar-refractivity contribution in [2.75, 3.05) is 0 Å². The Kier molecular flexibility index (Phi) is 3.44. The number of benzene rings is 1. The molecule has 0 atom stereocenters. The summed E-state index contributed by atoms with van der Waals surface area (Å²) in [6.07, 6.45) is 1.75. The minimum absolute atomic E-state index is 0.702. The van der Waals surface area contributed by atoms with Crippen molar-refractivity contribution in [1.82, 2.24) is 4.98 Å². The molecule has 1 nitrogen and oxygen atoms in total. The molecule has 1 aromatic carbocycles. The van der Waals surface area contributed by atoms with Gasteiger partial charge in [-0.2, -0.15) is 0 Å². The first-order valence-electron chi connectivity index (χ1n) is 4.24. The maximum absolute atomic E-state index is 6.10. The van der Waals surface area contributed by atoms with E-state index in [4.69, 9.17) is 11.6 Å². The average molecular weight is 347 g/mol. The number of pyridine rings is 1. The Morgan fingerprint density at radius 3 is 2.53 bits per heavy atom. The first-order valence-corrected chi connectivity index (χ1v) is 6.21. The highest BCUT2D eigenvalue weighted by Gasteiger charge is 2.08. The molecule has 0 unspecified atom stereocenters. The Balaban J connectivity index is 2.60. The lowest BCUT2D eigenvalue weighted by Crippen LogP contribution is -1.86. The molecule has 0 N–H and O–H groups in total. The van der Waals surface area contributed by atoms with Gasteiger partial charge >= 0.3 is 0 Å². The van der Waals surface area contributed by atoms with Gasteiger partial charge < -0.3 is 0 Å². The second-order valence-electron chi connectivity index (χ2n) is 2.96. The molecular formula is C11H6Br2ClN. The van der Waals surface area contributed by atoms with E-state index in [-0.39, 0.29) is 0 Å². The molecule has 0 spiro atoms. The fourth-order valence-electron chi connectivity index (χ4n) is 1.27. The zero-order valence-corrected chi connectivity index (χ0v) is 11.5. The summed E-state index contributed by atoms with van der Waals surface area (Å²) < 4.78 is 1.86. The van der Waals surface area contributed by atoms with Crippen LogP contribution in [0.3, 0.4) is 0 Å². The van der Waals surface area contributed by atoms with Gasteiger partial charge in [0.05, 0.1) is 5.69 Å². The van der Waals surface area contributed by atoms with Crippen LogP contribution >= 0.6 is 43.5 Å². The van der Waals surface area contributed by atoms with E-state index in [9.17, 15) is 0 Å². The largest absolute Gasteiger partial charge is 0.254 e. The highest BCUT2D eigenvalue weighted by atomic mass is 79.9. The molecule has 0 radical (unpaired) electrons. The average Bonchev–Trinajstić information content (AvgIpc) is 2.20. The third-order valence-corrected chi connectivity index (χ3v) is 3.30. The van der Waals surface area contributed by atoms with Gasteiger partial charge in [-0.25, -0.2) is 0 Å². The number of hydrogen-bond acceptors (Lipinski definition) is 1. The summed E-state index contributed by atoms with van der Waals surface area (Å²) in [5.41, 5.74) is 1.78. The van der Waals surface area contributed by atoms with Crippen LogP contribution in [0, 0.1) is 0 Å². The maximum atomic E-state index is 6.10. The molecule has 0 saturated heterocycles. The van der Waals surface area contributed by atoms with Gasteiger partial charge in [0.15, 0.2) is 0 Å². The molecule has 1 heterocycles. The van der Waals surface area contributed by atoms with E-state index >= 15 is 0 Å². The van der Waals surface area contributed by atoms with Gasteiger partial charge in [0.2, 0.25) is 0 Å². The third-order valence-electron chi connectivity index (χ3n) is 1.94. The van der Waals surface area contributed by atoms with Gasteiger partial charge in [0.1, 0.15) is 0 Å². The van der Waals surface area contributed by atoms with Gasteiger partial charge in [0, 0.05) is 25.7 Å². The monoisotopic (exact) mass is 345 g/mol. The number of rotatable bonds is 1. The molecule has 76 valence electrons. The molecule has 0 aliphatic heterocycles. The molecule has 4 heteroatoms. The zero-order chi connectivity index (χ0) is 10.8. The molecule has 0 fully saturated rings. The molecule has 2 rings (SSSR count). The van der Waals surface area contributed by atoms with Crippen LogP contribution in [0.5, 0.6) is 0 Å². The molecule has 0 aliphatic carbocycles. The molecule has 0 saturated carbocycles. The predicted molar refractivity (Wildman–Crippen MR) is 70.1 cm³/mol. The summed E-state index contributed by atoms with van der Waals surface area (Å²) in [7, 11) is 0. The lowest BCUT2D eigenvalue weighted by molar-refractivity contribution is 1.29. The van der Waals surface area contributed by atoms with E-state index in [1.807, 2.05) is 30.3 Å². The Bertz CT molecular complexity index is 500. The van der Waals surface area contributed by atoms with E-state index in [1.165, 1.54) is 0 Å². The van der Waals surface area contributed by atoms with E-state index < -0.39 is 0 Å². The maximum Gasteiger partial charge on any atom is 0.0859 e. The van der Waals surface area contributed by atoms with Gasteiger partial charge in [-0.05, 0) is 44.0 Å². The van der Waals surface area contributed by atoms with Crippen LogP contribution < -0.4 is 0 Å². The standard InChI is InChI=1S/C11H6Br2ClN/c12-7-5-9(13)11(15-6-7)8-3-1-2-4-10(8)14/h1-6H. The first kappa shape index (κ1) is 11.1. The summed E-state index contributed by atoms with van der Waals surface area (Å²) in [6, 6.07) is 9.60. The molecule has 0 amide bonds. The van der Waals surface area contributed by atoms with Crippen molar-refractivity contribution >= 4 is 43.5 Å². The number of hydrogen-bond donors (Lipinski definition) is 0. The van der Waals surface area contributed by atoms with Crippen LogP contribution in [0.25, 0.3) is 11.3 Å². The van der Waals surface area contributed by atoms with Crippen LogP contribution in [0.1, 0.15) is 0 Å². The fraction of sp³-hybridized carbons (Fsp3) is 0. The summed E-state index contributed by atoms with van der Waals surface area (Å²) in [5.74, 6) is 0. The first-order chi connectivity index (χ1) is 7.18. The van der Waals surface area contributed by atoms with Crippen LogP contribution in [-0.2, 0) is 0 Å². The number of nitrogens with zero attached hydrogens (tertiary/aromatic N) is 1. The van der Waals surface area contributed by atoms with Crippen molar-refractivity contribution in [1.29, 1.82) is 0 Å². The molecule has 0 aliphatic rings. The van der Waals surface area contributed by atoms with Crippen LogP contribution in [-0.4, -0.2) is 4.98 Å². The topological polar surface area (TPSA) is 12.9 Å². The quantitative estimate of drug-likeness (QED) is 0.713. The molecule has 0 bridgehead atoms. The molecule has 2 aromatic rings. The van der Waals surface area contributed by atoms with E-state index in [1.54, 1.807) is 6.20 Å². The van der Waals surface area contributed by atoms with Crippen molar-refractivity contribution in [2.45, 2.75) is 0 Å². The lowest BCUT2D eigenvalue weighted by atomic mass is 10.1. The Labute approximate surface area is 110 Å². The van der Waals surface area contributed by atoms with E-state index in [0.717, 1.165) is 20.2 Å². The highest BCUT2D eigenvalue weighted by molar-refractivity contribution is 9.11. The molecular weight excluding hydrogens is 341 g/mol. The van der Waals surface area contributed by atoms with Gasteiger partial charge in [0.25, 0.3) is 0 Å². The highest BCUT2D eigenvalue weighted by Crippen LogP contribution is 2.32. The minimum atomic E-state index is 0.702. The van der Waals surface area contributed by atoms with Crippen LogP contribution in [0.2, 0.25) is 5.02 Å². The predicted octanol–water partition coefficient (Wildman–Crippen LogP) is 4.93. The summed E-state index contributed by atoms with van der Waals surface area (Å²) in [5, 5.41) is 0.702. The SMILES string of the molecule is Clc1ccccc1-c1ncc(Br)cc1Br. The van der Waals surface area contributed by atoms with E-state index in [0.29, 0.717) is 5.02 Å². The van der Waals surface area contributed by atoms with Crippen LogP contribution in [0.15, 0.2) is 45.5 Å². The zero-order valence-electron chi connectivity index (χ0n) is 7.55. The fourth-order valence-corrected chi connectivity index (χ4v) is 2.69. The van der Waals surface area contributed by atoms with Crippen molar-refractivity contribution in [2.24, 2.45) is 0 Å². The lowest BCUT2D eigenvalue weighted by Gasteiger charge is -2.05. The van der Waals surface area contributed by atoms with Crippen molar-refractivity contribution in [3.8, 4) is 11.3 Å². The summed E-state index contributed by atoms with van der Waals surface area (Å²) in [6.45, 7) is 0. The Morgan fingerprint density at radius 1 is 1.13 bits per heavy atom. The van der Waals surface area contributed by atoms with Gasteiger partial charge in [-0.15, -0.1) is 0 Å². The summed E-state index contributed by atoms with van der Waals surface area (Å²) >= 11 is 12.9. The smallest absolute Gasteiger partial charge is 0.0859 e.